The first-order valence-corrected chi connectivity index (χ1v) is 29.3. The van der Waals surface area contributed by atoms with Crippen molar-refractivity contribution in [3.63, 3.8) is 0 Å². The van der Waals surface area contributed by atoms with Gasteiger partial charge in [-0.05, 0) is 207 Å². The predicted molar refractivity (Wildman–Crippen MR) is 351 cm³/mol. The van der Waals surface area contributed by atoms with E-state index in [9.17, 15) is 0 Å². The van der Waals surface area contributed by atoms with Gasteiger partial charge in [0.2, 0.25) is 0 Å². The molecule has 0 unspecified atom stereocenters. The molecule has 0 bridgehead atoms. The minimum absolute atomic E-state index is 0.718. The molecule has 0 N–H and O–H groups in total. The molecule has 0 fully saturated rings. The zero-order valence-electron chi connectivity index (χ0n) is 48.4. The van der Waals surface area contributed by atoms with E-state index in [4.69, 9.17) is 4.74 Å². The second-order valence-electron chi connectivity index (χ2n) is 21.2. The molecule has 0 heterocycles. The molecule has 0 radical (unpaired) electrons. The van der Waals surface area contributed by atoms with Crippen molar-refractivity contribution in [1.82, 2.24) is 0 Å². The van der Waals surface area contributed by atoms with Gasteiger partial charge in [-0.15, -0.1) is 0 Å². The molecule has 4 heteroatoms. The standard InChI is InChI=1S/C77H79N3O/c1-7-10-17-62-27-43-70(44-28-62)78(68-39-23-59(4)24-40-68)72-47-31-64(32-48-72)19-13-15-21-66-35-51-74(52-36-66)80(77-56-55-76(58-61(77)6)81-57-12-9-3)75-53-37-67(38-54-75)22-16-14-20-65-33-49-73(50-34-65)79(69-41-25-60(5)26-42-69)71-45-29-63(30-46-71)18-11-8-2/h13-16,19-56,58H,7-12,17-18,57H2,1-6H3/b19-13+,20-14+,21-15+,22-16+. The van der Waals surface area contributed by atoms with Gasteiger partial charge in [-0.1, -0.05) is 197 Å². The highest BCUT2D eigenvalue weighted by Crippen LogP contribution is 2.40. The smallest absolute Gasteiger partial charge is 0.119 e. The zero-order chi connectivity index (χ0) is 56.2. The molecular formula is C77H79N3O. The minimum Gasteiger partial charge on any atom is -0.494 e. The van der Waals surface area contributed by atoms with E-state index >= 15 is 0 Å². The van der Waals surface area contributed by atoms with Crippen LogP contribution in [-0.4, -0.2) is 6.61 Å². The Morgan fingerprint density at radius 1 is 0.321 bits per heavy atom. The van der Waals surface area contributed by atoms with E-state index in [1.807, 2.05) is 0 Å². The number of hydrogen-bond donors (Lipinski definition) is 0. The Hall–Kier alpha value is -8.86. The molecule has 0 saturated carbocycles. The van der Waals surface area contributed by atoms with E-state index in [2.05, 4.69) is 317 Å². The maximum Gasteiger partial charge on any atom is 0.119 e. The lowest BCUT2D eigenvalue weighted by molar-refractivity contribution is 0.309. The van der Waals surface area contributed by atoms with Gasteiger partial charge in [0, 0.05) is 51.2 Å². The number of hydrogen-bond acceptors (Lipinski definition) is 4. The lowest BCUT2D eigenvalue weighted by Crippen LogP contribution is -2.11. The van der Waals surface area contributed by atoms with Gasteiger partial charge in [-0.3, -0.25) is 0 Å². The molecule has 9 aromatic carbocycles. The first kappa shape index (κ1) is 56.8. The predicted octanol–water partition coefficient (Wildman–Crippen LogP) is 22.3. The summed E-state index contributed by atoms with van der Waals surface area (Å²) in [6.45, 7) is 13.8. The summed E-state index contributed by atoms with van der Waals surface area (Å²) in [6, 6.07) is 77.4. The second-order valence-corrected chi connectivity index (χ2v) is 21.2. The van der Waals surface area contributed by atoms with E-state index in [0.29, 0.717) is 0 Å². The largest absolute Gasteiger partial charge is 0.494 e. The number of ether oxygens (including phenoxy) is 1. The summed E-state index contributed by atoms with van der Waals surface area (Å²) < 4.78 is 6.13. The summed E-state index contributed by atoms with van der Waals surface area (Å²) in [4.78, 5) is 7.01. The molecule has 408 valence electrons. The third-order valence-electron chi connectivity index (χ3n) is 14.8. The molecule has 9 aromatic rings. The van der Waals surface area contributed by atoms with Crippen LogP contribution in [0.15, 0.2) is 237 Å². The number of rotatable bonds is 25. The summed E-state index contributed by atoms with van der Waals surface area (Å²) in [6.07, 6.45) is 26.3. The van der Waals surface area contributed by atoms with Crippen LogP contribution in [0.2, 0.25) is 0 Å². The average molecular weight is 1060 g/mol. The Labute approximate surface area is 484 Å². The van der Waals surface area contributed by atoms with Crippen LogP contribution in [-0.2, 0) is 12.8 Å². The molecule has 0 amide bonds. The third kappa shape index (κ3) is 15.7. The Balaban J connectivity index is 0.875. The highest BCUT2D eigenvalue weighted by molar-refractivity contribution is 5.81. The molecule has 0 aromatic heterocycles. The Kier molecular flexibility index (Phi) is 20.2. The summed E-state index contributed by atoms with van der Waals surface area (Å²) in [5, 5.41) is 0. The highest BCUT2D eigenvalue weighted by Gasteiger charge is 2.17. The fraction of sp³-hybridized carbons (Fsp3) is 0.195. The normalized spacial score (nSPS) is 11.6. The lowest BCUT2D eigenvalue weighted by Gasteiger charge is -2.27. The average Bonchev–Trinajstić information content (AvgIpc) is 3.50. The maximum atomic E-state index is 6.13. The quantitative estimate of drug-likeness (QED) is 0.0419. The molecule has 0 aliphatic carbocycles. The Morgan fingerprint density at radius 2 is 0.617 bits per heavy atom. The van der Waals surface area contributed by atoms with Gasteiger partial charge in [-0.2, -0.15) is 0 Å². The lowest BCUT2D eigenvalue weighted by atomic mass is 10.1. The number of unbranched alkanes of at least 4 members (excludes halogenated alkanes) is 3. The van der Waals surface area contributed by atoms with Gasteiger partial charge in [0.15, 0.2) is 0 Å². The van der Waals surface area contributed by atoms with Crippen molar-refractivity contribution < 1.29 is 4.74 Å². The van der Waals surface area contributed by atoms with Gasteiger partial charge in [0.1, 0.15) is 5.75 Å². The van der Waals surface area contributed by atoms with E-state index in [1.165, 1.54) is 47.9 Å². The first-order chi connectivity index (χ1) is 39.7. The van der Waals surface area contributed by atoms with Crippen LogP contribution in [0, 0.1) is 20.8 Å². The molecule has 0 aliphatic heterocycles. The van der Waals surface area contributed by atoms with Gasteiger partial charge in [-0.25, -0.2) is 0 Å². The monoisotopic (exact) mass is 1060 g/mol. The van der Waals surface area contributed by atoms with Crippen LogP contribution in [0.4, 0.5) is 51.2 Å². The molecule has 0 spiro atoms. The summed E-state index contributed by atoms with van der Waals surface area (Å²) in [5.41, 5.74) is 21.1. The Bertz CT molecular complexity index is 3270. The molecule has 4 nitrogen and oxygen atoms in total. The summed E-state index contributed by atoms with van der Waals surface area (Å²) in [5.74, 6) is 0.902. The van der Waals surface area contributed by atoms with Crippen LogP contribution in [0.3, 0.4) is 0 Å². The van der Waals surface area contributed by atoms with Gasteiger partial charge in [0.05, 0.1) is 6.61 Å². The van der Waals surface area contributed by atoms with Crippen LogP contribution in [0.1, 0.15) is 109 Å². The number of nitrogens with zero attached hydrogens (tertiary/aromatic N) is 3. The van der Waals surface area contributed by atoms with E-state index in [-0.39, 0.29) is 0 Å². The number of benzene rings is 9. The van der Waals surface area contributed by atoms with E-state index in [1.54, 1.807) is 0 Å². The van der Waals surface area contributed by atoms with E-state index < -0.39 is 0 Å². The fourth-order valence-electron chi connectivity index (χ4n) is 10.0. The van der Waals surface area contributed by atoms with Crippen molar-refractivity contribution in [2.75, 3.05) is 21.3 Å². The van der Waals surface area contributed by atoms with Crippen LogP contribution < -0.4 is 19.4 Å². The fourth-order valence-corrected chi connectivity index (χ4v) is 10.0. The van der Waals surface area contributed by atoms with Gasteiger partial charge in [0.25, 0.3) is 0 Å². The zero-order valence-corrected chi connectivity index (χ0v) is 48.4. The van der Waals surface area contributed by atoms with Crippen molar-refractivity contribution in [2.45, 2.75) is 92.9 Å². The summed E-state index contributed by atoms with van der Waals surface area (Å²) >= 11 is 0. The molecule has 0 aliphatic rings. The van der Waals surface area contributed by atoms with Crippen molar-refractivity contribution in [3.8, 4) is 5.75 Å². The molecular weight excluding hydrogens is 983 g/mol. The van der Waals surface area contributed by atoms with E-state index in [0.717, 1.165) is 117 Å². The van der Waals surface area contributed by atoms with Gasteiger partial charge >= 0.3 is 0 Å². The third-order valence-corrected chi connectivity index (χ3v) is 14.8. The molecule has 0 saturated heterocycles. The summed E-state index contributed by atoms with van der Waals surface area (Å²) in [7, 11) is 0. The van der Waals surface area contributed by atoms with Crippen molar-refractivity contribution in [1.29, 1.82) is 0 Å². The Morgan fingerprint density at radius 3 is 0.926 bits per heavy atom. The van der Waals surface area contributed by atoms with Gasteiger partial charge < -0.3 is 19.4 Å². The number of allylic oxidation sites excluding steroid dienone is 4. The molecule has 9 rings (SSSR count). The minimum atomic E-state index is 0.718. The van der Waals surface area contributed by atoms with Crippen LogP contribution in [0.25, 0.3) is 24.3 Å². The van der Waals surface area contributed by atoms with Crippen molar-refractivity contribution in [3.05, 3.63) is 287 Å². The van der Waals surface area contributed by atoms with Crippen LogP contribution >= 0.6 is 0 Å². The first-order valence-electron chi connectivity index (χ1n) is 29.3. The van der Waals surface area contributed by atoms with Crippen molar-refractivity contribution >= 4 is 75.5 Å². The highest BCUT2D eigenvalue weighted by atomic mass is 16.5. The SMILES string of the molecule is CCCCOc1ccc(N(c2ccc(/C=C/C=C/c3ccc(N(c4ccc(C)cc4)c4ccc(CCCC)cc4)cc3)cc2)c2ccc(/C=C/C=C/c3ccc(N(c4ccc(C)cc4)c4ccc(CCCC)cc4)cc3)cc2)c(C)c1. The molecule has 81 heavy (non-hydrogen) atoms. The maximum absolute atomic E-state index is 6.13. The van der Waals surface area contributed by atoms with Crippen molar-refractivity contribution in [2.24, 2.45) is 0 Å². The topological polar surface area (TPSA) is 19.0 Å². The second kappa shape index (κ2) is 28.9. The molecule has 0 atom stereocenters. The van der Waals surface area contributed by atoms with Crippen LogP contribution in [0.5, 0.6) is 5.75 Å². The number of anilines is 9. The number of aryl methyl sites for hydroxylation is 5.